The maximum Gasteiger partial charge on any atom is 0.0888 e. The lowest BCUT2D eigenvalue weighted by Gasteiger charge is -2.06. The molecule has 0 atom stereocenters. The number of ether oxygens (including phenoxy) is 1. The highest BCUT2D eigenvalue weighted by Gasteiger charge is 2.21. The van der Waals surface area contributed by atoms with E-state index >= 15 is 0 Å². The molecule has 0 radical (unpaired) electrons. The quantitative estimate of drug-likeness (QED) is 0.702. The number of hydrogen-bond donors (Lipinski definition) is 1. The van der Waals surface area contributed by atoms with Crippen molar-refractivity contribution in [3.8, 4) is 0 Å². The summed E-state index contributed by atoms with van der Waals surface area (Å²) in [6.07, 6.45) is 3.84. The number of pyridine rings is 1. The summed E-state index contributed by atoms with van der Waals surface area (Å²) < 4.78 is 5.64. The van der Waals surface area contributed by atoms with Gasteiger partial charge < -0.3 is 10.1 Å². The third-order valence-electron chi connectivity index (χ3n) is 2.90. The fraction of sp³-hybridized carbons (Fsp3) is 0.643. The zero-order valence-electron chi connectivity index (χ0n) is 10.6. The first-order valence-electron chi connectivity index (χ1n) is 6.61. The number of aromatic nitrogens is 1. The monoisotopic (exact) mass is 234 g/mol. The topological polar surface area (TPSA) is 34.1 Å². The molecule has 0 unspecified atom stereocenters. The van der Waals surface area contributed by atoms with Crippen molar-refractivity contribution in [3.05, 3.63) is 29.6 Å². The molecule has 1 aromatic rings. The lowest BCUT2D eigenvalue weighted by Crippen LogP contribution is -2.15. The van der Waals surface area contributed by atoms with Gasteiger partial charge >= 0.3 is 0 Å². The maximum atomic E-state index is 5.64. The zero-order chi connectivity index (χ0) is 11.9. The van der Waals surface area contributed by atoms with Crippen LogP contribution in [0.3, 0.4) is 0 Å². The highest BCUT2D eigenvalue weighted by molar-refractivity contribution is 5.10. The minimum absolute atomic E-state index is 0.651. The molecule has 94 valence electrons. The Morgan fingerprint density at radius 1 is 1.35 bits per heavy atom. The van der Waals surface area contributed by atoms with Crippen LogP contribution >= 0.6 is 0 Å². The van der Waals surface area contributed by atoms with E-state index in [0.29, 0.717) is 6.61 Å². The van der Waals surface area contributed by atoms with Gasteiger partial charge in [-0.3, -0.25) is 4.98 Å². The molecule has 1 aromatic heterocycles. The molecule has 0 spiro atoms. The summed E-state index contributed by atoms with van der Waals surface area (Å²) in [4.78, 5) is 4.57. The van der Waals surface area contributed by atoms with E-state index in [0.717, 1.165) is 43.4 Å². The molecule has 1 aliphatic rings. The summed E-state index contributed by atoms with van der Waals surface area (Å²) in [5.74, 6) is 0.824. The van der Waals surface area contributed by atoms with Crippen LogP contribution in [0.15, 0.2) is 18.2 Å². The SMILES string of the molecule is CCCNCc1cccc(COCC2CC2)n1. The predicted molar refractivity (Wildman–Crippen MR) is 68.6 cm³/mol. The number of nitrogens with one attached hydrogen (secondary N) is 1. The number of rotatable bonds is 8. The first-order chi connectivity index (χ1) is 8.38. The van der Waals surface area contributed by atoms with Crippen molar-refractivity contribution in [1.29, 1.82) is 0 Å². The molecule has 17 heavy (non-hydrogen) atoms. The minimum atomic E-state index is 0.651. The second-order valence-electron chi connectivity index (χ2n) is 4.76. The Labute approximate surface area is 104 Å². The molecule has 3 nitrogen and oxygen atoms in total. The summed E-state index contributed by atoms with van der Waals surface area (Å²) in [5, 5.41) is 3.36. The van der Waals surface area contributed by atoms with Crippen molar-refractivity contribution in [2.75, 3.05) is 13.2 Å². The standard InChI is InChI=1S/C14H22N2O/c1-2-8-15-9-13-4-3-5-14(16-13)11-17-10-12-6-7-12/h3-5,12,15H,2,6-11H2,1H3. The van der Waals surface area contributed by atoms with Crippen LogP contribution in [0.4, 0.5) is 0 Å². The van der Waals surface area contributed by atoms with Crippen LogP contribution in [-0.4, -0.2) is 18.1 Å². The van der Waals surface area contributed by atoms with Crippen LogP contribution in [-0.2, 0) is 17.9 Å². The van der Waals surface area contributed by atoms with Gasteiger partial charge in [0.1, 0.15) is 0 Å². The van der Waals surface area contributed by atoms with Crippen molar-refractivity contribution in [3.63, 3.8) is 0 Å². The van der Waals surface area contributed by atoms with E-state index in [9.17, 15) is 0 Å². The molecule has 2 rings (SSSR count). The van der Waals surface area contributed by atoms with E-state index in [4.69, 9.17) is 4.74 Å². The molecule has 0 amide bonds. The molecule has 3 heteroatoms. The van der Waals surface area contributed by atoms with E-state index in [1.807, 2.05) is 6.07 Å². The van der Waals surface area contributed by atoms with Gasteiger partial charge in [-0.25, -0.2) is 0 Å². The van der Waals surface area contributed by atoms with Crippen molar-refractivity contribution < 1.29 is 4.74 Å². The van der Waals surface area contributed by atoms with Crippen LogP contribution in [0, 0.1) is 5.92 Å². The van der Waals surface area contributed by atoms with E-state index < -0.39 is 0 Å². The largest absolute Gasteiger partial charge is 0.375 e. The van der Waals surface area contributed by atoms with Crippen LogP contribution in [0.1, 0.15) is 37.6 Å². The van der Waals surface area contributed by atoms with Gasteiger partial charge in [-0.2, -0.15) is 0 Å². The third-order valence-corrected chi connectivity index (χ3v) is 2.90. The Kier molecular flexibility index (Phi) is 4.95. The average molecular weight is 234 g/mol. The summed E-state index contributed by atoms with van der Waals surface area (Å²) in [6, 6.07) is 6.16. The molecular weight excluding hydrogens is 212 g/mol. The fourth-order valence-corrected chi connectivity index (χ4v) is 1.72. The van der Waals surface area contributed by atoms with Crippen LogP contribution < -0.4 is 5.32 Å². The lowest BCUT2D eigenvalue weighted by atomic mass is 10.3. The Hall–Kier alpha value is -0.930. The van der Waals surface area contributed by atoms with Gasteiger partial charge in [0, 0.05) is 13.2 Å². The van der Waals surface area contributed by atoms with Crippen LogP contribution in [0.2, 0.25) is 0 Å². The third kappa shape index (κ3) is 4.84. The fourth-order valence-electron chi connectivity index (χ4n) is 1.72. The summed E-state index contributed by atoms with van der Waals surface area (Å²) >= 11 is 0. The average Bonchev–Trinajstić information content (AvgIpc) is 3.14. The molecule has 1 aliphatic carbocycles. The first kappa shape index (κ1) is 12.5. The van der Waals surface area contributed by atoms with Crippen molar-refractivity contribution in [2.45, 2.75) is 39.3 Å². The zero-order valence-corrected chi connectivity index (χ0v) is 10.6. The van der Waals surface area contributed by atoms with Gasteiger partial charge in [0.25, 0.3) is 0 Å². The number of nitrogens with zero attached hydrogens (tertiary/aromatic N) is 1. The van der Waals surface area contributed by atoms with Gasteiger partial charge in [0.2, 0.25) is 0 Å². The Bertz CT molecular complexity index is 337. The van der Waals surface area contributed by atoms with Gasteiger partial charge in [-0.05, 0) is 43.9 Å². The summed E-state index contributed by atoms with van der Waals surface area (Å²) in [7, 11) is 0. The van der Waals surface area contributed by atoms with Gasteiger partial charge in [0.15, 0.2) is 0 Å². The normalized spacial score (nSPS) is 15.1. The van der Waals surface area contributed by atoms with Crippen molar-refractivity contribution in [1.82, 2.24) is 10.3 Å². The molecule has 1 fully saturated rings. The smallest absolute Gasteiger partial charge is 0.0888 e. The summed E-state index contributed by atoms with van der Waals surface area (Å²) in [5.41, 5.74) is 2.15. The molecular formula is C14H22N2O. The Morgan fingerprint density at radius 3 is 2.94 bits per heavy atom. The van der Waals surface area contributed by atoms with Crippen LogP contribution in [0.5, 0.6) is 0 Å². The highest BCUT2D eigenvalue weighted by Crippen LogP contribution is 2.28. The van der Waals surface area contributed by atoms with Gasteiger partial charge in [-0.1, -0.05) is 13.0 Å². The van der Waals surface area contributed by atoms with Gasteiger partial charge in [-0.15, -0.1) is 0 Å². The van der Waals surface area contributed by atoms with Crippen LogP contribution in [0.25, 0.3) is 0 Å². The molecule has 1 saturated carbocycles. The van der Waals surface area contributed by atoms with E-state index in [-0.39, 0.29) is 0 Å². The van der Waals surface area contributed by atoms with Crippen molar-refractivity contribution >= 4 is 0 Å². The van der Waals surface area contributed by atoms with E-state index in [1.54, 1.807) is 0 Å². The first-order valence-corrected chi connectivity index (χ1v) is 6.61. The highest BCUT2D eigenvalue weighted by atomic mass is 16.5. The maximum absolute atomic E-state index is 5.64. The number of hydrogen-bond acceptors (Lipinski definition) is 3. The molecule has 0 bridgehead atoms. The predicted octanol–water partition coefficient (Wildman–Crippen LogP) is 2.51. The second-order valence-corrected chi connectivity index (χ2v) is 4.76. The van der Waals surface area contributed by atoms with E-state index in [2.05, 4.69) is 29.4 Å². The molecule has 1 N–H and O–H groups in total. The molecule has 0 saturated heterocycles. The molecule has 0 aliphatic heterocycles. The van der Waals surface area contributed by atoms with Gasteiger partial charge in [0.05, 0.1) is 18.0 Å². The molecule has 0 aromatic carbocycles. The minimum Gasteiger partial charge on any atom is -0.375 e. The Morgan fingerprint density at radius 2 is 2.18 bits per heavy atom. The Balaban J connectivity index is 1.73. The van der Waals surface area contributed by atoms with E-state index in [1.165, 1.54) is 12.8 Å². The molecule has 1 heterocycles. The second kappa shape index (κ2) is 6.72. The lowest BCUT2D eigenvalue weighted by molar-refractivity contribution is 0.108. The summed E-state index contributed by atoms with van der Waals surface area (Å²) in [6.45, 7) is 5.62. The van der Waals surface area contributed by atoms with Crippen molar-refractivity contribution in [2.24, 2.45) is 5.92 Å².